The van der Waals surface area contributed by atoms with E-state index in [1.54, 1.807) is 6.07 Å². The van der Waals surface area contributed by atoms with E-state index < -0.39 is 17.8 Å². The summed E-state index contributed by atoms with van der Waals surface area (Å²) in [4.78, 5) is 0. The molecule has 1 saturated carbocycles. The molecule has 3 N–H and O–H groups in total. The lowest BCUT2D eigenvalue weighted by Gasteiger charge is -2.29. The highest BCUT2D eigenvalue weighted by Crippen LogP contribution is 2.40. The van der Waals surface area contributed by atoms with Crippen molar-refractivity contribution in [1.82, 2.24) is 10.6 Å². The fourth-order valence-corrected chi connectivity index (χ4v) is 3.99. The van der Waals surface area contributed by atoms with Crippen molar-refractivity contribution in [3.8, 4) is 0 Å². The van der Waals surface area contributed by atoms with Gasteiger partial charge in [0.1, 0.15) is 0 Å². The van der Waals surface area contributed by atoms with Gasteiger partial charge in [-0.05, 0) is 55.0 Å². The molecule has 0 radical (unpaired) electrons. The monoisotopic (exact) mass is 439 g/mol. The Kier molecular flexibility index (Phi) is 6.31. The first-order valence-corrected chi connectivity index (χ1v) is 11.0. The van der Waals surface area contributed by atoms with Crippen molar-refractivity contribution >= 4 is 11.4 Å². The van der Waals surface area contributed by atoms with Crippen LogP contribution in [-0.4, -0.2) is 6.54 Å². The summed E-state index contributed by atoms with van der Waals surface area (Å²) < 4.78 is 40.9. The minimum Gasteiger partial charge on any atom is -0.388 e. The molecule has 0 spiro atoms. The summed E-state index contributed by atoms with van der Waals surface area (Å²) in [6.07, 6.45) is 2.78. The van der Waals surface area contributed by atoms with Gasteiger partial charge in [-0.2, -0.15) is 13.2 Å². The molecule has 2 aromatic carbocycles. The van der Waals surface area contributed by atoms with E-state index in [1.165, 1.54) is 30.7 Å². The molecule has 2 aliphatic rings. The molecule has 0 aromatic heterocycles. The molecular formula is C26H28F3N3. The number of para-hydroxylation sites is 1. The van der Waals surface area contributed by atoms with Crippen LogP contribution in [0.3, 0.4) is 0 Å². The summed E-state index contributed by atoms with van der Waals surface area (Å²) in [5, 5.41) is 10.1. The maximum absolute atomic E-state index is 13.6. The lowest BCUT2D eigenvalue weighted by molar-refractivity contribution is -0.138. The smallest absolute Gasteiger partial charge is 0.388 e. The Labute approximate surface area is 187 Å². The van der Waals surface area contributed by atoms with E-state index in [0.717, 1.165) is 36.0 Å². The molecular weight excluding hydrogens is 411 g/mol. The molecule has 32 heavy (non-hydrogen) atoms. The predicted octanol–water partition coefficient (Wildman–Crippen LogP) is 6.61. The summed E-state index contributed by atoms with van der Waals surface area (Å²) in [6.45, 7) is 7.20. The van der Waals surface area contributed by atoms with Crippen LogP contribution in [0.15, 0.2) is 78.7 Å². The number of anilines is 1. The van der Waals surface area contributed by atoms with E-state index >= 15 is 0 Å². The third-order valence-electron chi connectivity index (χ3n) is 5.68. The lowest BCUT2D eigenvalue weighted by Crippen LogP contribution is -2.23. The Hall–Kier alpha value is -3.15. The summed E-state index contributed by atoms with van der Waals surface area (Å²) in [7, 11) is 0. The molecule has 6 heteroatoms. The standard InChI is InChI=1S/C26H28F3N3/c1-3-14-30-23(18-12-13-18)15-17(2)31-25-16-24(32-22-11-7-5-9-20(22)25)19-8-4-6-10-21(19)26(27,28)29/h4-11,15-16,18,24,30-32H,2-3,12-14H2,1H3/b23-15-. The molecule has 1 aliphatic carbocycles. The minimum atomic E-state index is -4.42. The third kappa shape index (κ3) is 5.01. The van der Waals surface area contributed by atoms with Crippen LogP contribution in [0, 0.1) is 5.92 Å². The van der Waals surface area contributed by atoms with Crippen LogP contribution in [0.1, 0.15) is 48.9 Å². The highest BCUT2D eigenvalue weighted by atomic mass is 19.4. The van der Waals surface area contributed by atoms with Crippen LogP contribution >= 0.6 is 0 Å². The van der Waals surface area contributed by atoms with Crippen molar-refractivity contribution in [1.29, 1.82) is 0 Å². The third-order valence-corrected chi connectivity index (χ3v) is 5.68. The normalized spacial score (nSPS) is 18.3. The second kappa shape index (κ2) is 9.15. The van der Waals surface area contributed by atoms with Gasteiger partial charge >= 0.3 is 6.18 Å². The molecule has 0 saturated heterocycles. The summed E-state index contributed by atoms with van der Waals surface area (Å²) in [5.41, 5.74) is 3.87. The van der Waals surface area contributed by atoms with Crippen molar-refractivity contribution in [3.05, 3.63) is 95.3 Å². The maximum Gasteiger partial charge on any atom is 0.416 e. The van der Waals surface area contributed by atoms with Crippen LogP contribution in [0.25, 0.3) is 5.70 Å². The van der Waals surface area contributed by atoms with Crippen molar-refractivity contribution in [2.75, 3.05) is 11.9 Å². The number of halogens is 3. The average Bonchev–Trinajstić information content (AvgIpc) is 3.61. The van der Waals surface area contributed by atoms with Crippen LogP contribution in [-0.2, 0) is 6.18 Å². The summed E-state index contributed by atoms with van der Waals surface area (Å²) in [6, 6.07) is 12.7. The van der Waals surface area contributed by atoms with E-state index in [9.17, 15) is 13.2 Å². The van der Waals surface area contributed by atoms with E-state index in [2.05, 4.69) is 29.5 Å². The second-order valence-corrected chi connectivity index (χ2v) is 8.28. The molecule has 1 heterocycles. The Morgan fingerprint density at radius 2 is 1.84 bits per heavy atom. The van der Waals surface area contributed by atoms with Gasteiger partial charge < -0.3 is 16.0 Å². The Morgan fingerprint density at radius 3 is 2.56 bits per heavy atom. The van der Waals surface area contributed by atoms with Crippen molar-refractivity contribution in [3.63, 3.8) is 0 Å². The maximum atomic E-state index is 13.6. The molecule has 1 aliphatic heterocycles. The Balaban J connectivity index is 1.65. The SMILES string of the molecule is C=C(/C=C(\NCCC)C1CC1)NC1=CC(c2ccccc2C(F)(F)F)Nc2ccccc21. The van der Waals surface area contributed by atoms with Crippen molar-refractivity contribution in [2.45, 2.75) is 38.4 Å². The predicted molar refractivity (Wildman–Crippen MR) is 124 cm³/mol. The zero-order chi connectivity index (χ0) is 22.7. The fraction of sp³-hybridized carbons (Fsp3) is 0.308. The van der Waals surface area contributed by atoms with E-state index in [4.69, 9.17) is 0 Å². The number of fused-ring (bicyclic) bond motifs is 1. The summed E-state index contributed by atoms with van der Waals surface area (Å²) in [5.74, 6) is 0.542. The van der Waals surface area contributed by atoms with Gasteiger partial charge in [0, 0.05) is 34.9 Å². The first-order valence-electron chi connectivity index (χ1n) is 11.0. The van der Waals surface area contributed by atoms with Gasteiger partial charge in [-0.1, -0.05) is 49.9 Å². The number of rotatable bonds is 8. The zero-order valence-electron chi connectivity index (χ0n) is 18.1. The van der Waals surface area contributed by atoms with Gasteiger partial charge in [0.15, 0.2) is 0 Å². The van der Waals surface area contributed by atoms with E-state index in [0.29, 0.717) is 11.6 Å². The molecule has 4 rings (SSSR count). The van der Waals surface area contributed by atoms with Gasteiger partial charge in [-0.3, -0.25) is 0 Å². The first kappa shape index (κ1) is 22.1. The van der Waals surface area contributed by atoms with Gasteiger partial charge in [0.25, 0.3) is 0 Å². The second-order valence-electron chi connectivity index (χ2n) is 8.28. The zero-order valence-corrected chi connectivity index (χ0v) is 18.1. The largest absolute Gasteiger partial charge is 0.416 e. The van der Waals surface area contributed by atoms with Crippen LogP contribution in [0.5, 0.6) is 0 Å². The fourth-order valence-electron chi connectivity index (χ4n) is 3.99. The van der Waals surface area contributed by atoms with Crippen LogP contribution in [0.4, 0.5) is 18.9 Å². The Bertz CT molecular complexity index is 1050. The molecule has 1 atom stereocenters. The van der Waals surface area contributed by atoms with Gasteiger partial charge in [-0.25, -0.2) is 0 Å². The van der Waals surface area contributed by atoms with Crippen LogP contribution in [0.2, 0.25) is 0 Å². The quantitative estimate of drug-likeness (QED) is 0.405. The average molecular weight is 440 g/mol. The molecule has 2 aromatic rings. The van der Waals surface area contributed by atoms with Gasteiger partial charge in [0.2, 0.25) is 0 Å². The van der Waals surface area contributed by atoms with E-state index in [-0.39, 0.29) is 5.56 Å². The lowest BCUT2D eigenvalue weighted by atomic mass is 9.94. The van der Waals surface area contributed by atoms with Crippen molar-refractivity contribution < 1.29 is 13.2 Å². The highest BCUT2D eigenvalue weighted by Gasteiger charge is 2.35. The number of alkyl halides is 3. The molecule has 3 nitrogen and oxygen atoms in total. The molecule has 168 valence electrons. The summed E-state index contributed by atoms with van der Waals surface area (Å²) >= 11 is 0. The highest BCUT2D eigenvalue weighted by molar-refractivity contribution is 5.80. The van der Waals surface area contributed by atoms with Crippen molar-refractivity contribution in [2.24, 2.45) is 5.92 Å². The molecule has 1 unspecified atom stereocenters. The Morgan fingerprint density at radius 1 is 1.12 bits per heavy atom. The van der Waals surface area contributed by atoms with Gasteiger partial charge in [0.05, 0.1) is 11.6 Å². The van der Waals surface area contributed by atoms with Crippen LogP contribution < -0.4 is 16.0 Å². The number of nitrogens with one attached hydrogen (secondary N) is 3. The molecule has 0 bridgehead atoms. The number of hydrogen-bond acceptors (Lipinski definition) is 3. The van der Waals surface area contributed by atoms with E-state index in [1.807, 2.05) is 36.4 Å². The minimum absolute atomic E-state index is 0.193. The topological polar surface area (TPSA) is 36.1 Å². The number of hydrogen-bond donors (Lipinski definition) is 3. The molecule has 0 amide bonds. The first-order chi connectivity index (χ1) is 15.4. The van der Waals surface area contributed by atoms with Gasteiger partial charge in [-0.15, -0.1) is 0 Å². The number of benzene rings is 2. The number of allylic oxidation sites excluding steroid dienone is 2. The molecule has 1 fully saturated rings.